The lowest BCUT2D eigenvalue weighted by Gasteiger charge is -2.24. The lowest BCUT2D eigenvalue weighted by atomic mass is 10.00. The first-order chi connectivity index (χ1) is 9.65. The summed E-state index contributed by atoms with van der Waals surface area (Å²) >= 11 is 0. The Labute approximate surface area is 116 Å². The Balaban J connectivity index is 0.000000147. The van der Waals surface area contributed by atoms with Gasteiger partial charge in [-0.1, -0.05) is 18.2 Å². The molecule has 0 spiro atoms. The van der Waals surface area contributed by atoms with Crippen LogP contribution in [-0.4, -0.2) is 17.6 Å². The number of rotatable bonds is 0. The molecule has 1 aromatic carbocycles. The van der Waals surface area contributed by atoms with E-state index in [1.54, 1.807) is 6.92 Å². The Morgan fingerprint density at radius 3 is 2.50 bits per heavy atom. The zero-order valence-electron chi connectivity index (χ0n) is 11.3. The van der Waals surface area contributed by atoms with Crippen molar-refractivity contribution in [2.24, 2.45) is 0 Å². The molecular formula is C15H16N2O3. The molecule has 0 fully saturated rings. The van der Waals surface area contributed by atoms with E-state index in [-0.39, 0.29) is 5.56 Å². The quantitative estimate of drug-likeness (QED) is 0.795. The third-order valence-corrected chi connectivity index (χ3v) is 3.63. The third kappa shape index (κ3) is 2.27. The summed E-state index contributed by atoms with van der Waals surface area (Å²) in [6.07, 6.45) is 2.66. The minimum absolute atomic E-state index is 0.183. The molecule has 1 N–H and O–H groups in total. The highest BCUT2D eigenvalue weighted by Crippen LogP contribution is 2.35. The second-order valence-electron chi connectivity index (χ2n) is 5.04. The van der Waals surface area contributed by atoms with Crippen LogP contribution in [0.1, 0.15) is 23.3 Å². The molecule has 20 heavy (non-hydrogen) atoms. The molecule has 1 aromatic heterocycles. The topological polar surface area (TPSA) is 66.3 Å². The average molecular weight is 272 g/mol. The van der Waals surface area contributed by atoms with E-state index < -0.39 is 0 Å². The van der Waals surface area contributed by atoms with Crippen LogP contribution in [0.3, 0.4) is 0 Å². The maximum atomic E-state index is 11.5. The van der Waals surface area contributed by atoms with E-state index in [4.69, 9.17) is 0 Å². The second kappa shape index (κ2) is 5.00. The van der Waals surface area contributed by atoms with E-state index in [0.29, 0.717) is 18.1 Å². The summed E-state index contributed by atoms with van der Waals surface area (Å²) in [5.41, 5.74) is 3.75. The zero-order valence-corrected chi connectivity index (χ0v) is 11.3. The van der Waals surface area contributed by atoms with Crippen molar-refractivity contribution in [1.29, 1.82) is 0 Å². The molecule has 5 heteroatoms. The van der Waals surface area contributed by atoms with Crippen LogP contribution in [-0.2, 0) is 17.6 Å². The van der Waals surface area contributed by atoms with Crippen molar-refractivity contribution in [3.05, 3.63) is 51.5 Å². The number of aryl methyl sites for hydroxylation is 2. The summed E-state index contributed by atoms with van der Waals surface area (Å²) < 4.78 is 4.53. The number of carbonyl (C=O) groups excluding carboxylic acids is 1. The van der Waals surface area contributed by atoms with Crippen LogP contribution in [0, 0.1) is 6.92 Å². The van der Waals surface area contributed by atoms with Crippen molar-refractivity contribution in [3.63, 3.8) is 0 Å². The molecule has 0 unspecified atom stereocenters. The fourth-order valence-corrected chi connectivity index (χ4v) is 2.74. The van der Waals surface area contributed by atoms with Gasteiger partial charge in [0.25, 0.3) is 5.56 Å². The van der Waals surface area contributed by atoms with Gasteiger partial charge in [0.05, 0.1) is 5.69 Å². The van der Waals surface area contributed by atoms with Crippen LogP contribution in [0.4, 0.5) is 5.69 Å². The molecule has 2 aliphatic rings. The fraction of sp³-hybridized carbons (Fsp3) is 0.333. The monoisotopic (exact) mass is 272 g/mol. The van der Waals surface area contributed by atoms with Crippen molar-refractivity contribution in [2.45, 2.75) is 26.2 Å². The van der Waals surface area contributed by atoms with E-state index >= 15 is 0 Å². The van der Waals surface area contributed by atoms with Crippen LogP contribution in [0.15, 0.2) is 33.6 Å². The van der Waals surface area contributed by atoms with Gasteiger partial charge in [0, 0.05) is 19.0 Å². The number of hydrogen-bond donors (Lipinski definition) is 1. The number of H-pyrrole nitrogens is 1. The second-order valence-corrected chi connectivity index (χ2v) is 5.04. The number of amides is 1. The van der Waals surface area contributed by atoms with Crippen molar-refractivity contribution >= 4 is 11.6 Å². The first kappa shape index (κ1) is 12.7. The van der Waals surface area contributed by atoms with Gasteiger partial charge in [-0.3, -0.25) is 9.59 Å². The Bertz CT molecular complexity index is 699. The molecular weight excluding hydrogens is 256 g/mol. The fourth-order valence-electron chi connectivity index (χ4n) is 2.74. The van der Waals surface area contributed by atoms with Crippen molar-refractivity contribution in [2.75, 3.05) is 11.4 Å². The first-order valence-corrected chi connectivity index (χ1v) is 6.71. The Kier molecular flexibility index (Phi) is 3.18. The highest BCUT2D eigenvalue weighted by molar-refractivity contribution is 5.98. The van der Waals surface area contributed by atoms with Crippen molar-refractivity contribution < 1.29 is 9.32 Å². The summed E-state index contributed by atoms with van der Waals surface area (Å²) in [7, 11) is 0. The molecule has 2 aromatic rings. The Morgan fingerprint density at radius 1 is 1.15 bits per heavy atom. The first-order valence-electron chi connectivity index (χ1n) is 6.71. The van der Waals surface area contributed by atoms with Crippen LogP contribution < -0.4 is 10.5 Å². The summed E-state index contributed by atoms with van der Waals surface area (Å²) in [5.74, 6) is 0.919. The number of aromatic nitrogens is 1. The van der Waals surface area contributed by atoms with Crippen LogP contribution in [0.2, 0.25) is 0 Å². The van der Waals surface area contributed by atoms with Crippen molar-refractivity contribution in [3.8, 4) is 0 Å². The molecule has 0 atom stereocenters. The van der Waals surface area contributed by atoms with Crippen LogP contribution >= 0.6 is 0 Å². The molecule has 1 amide bonds. The summed E-state index contributed by atoms with van der Waals surface area (Å²) in [4.78, 5) is 23.6. The molecule has 3 heterocycles. The average Bonchev–Trinajstić information content (AvgIpc) is 3.03. The highest BCUT2D eigenvalue weighted by Gasteiger charge is 2.30. The Hall–Kier alpha value is -2.30. The SMILES string of the molecule is Cc1cc(=O)[nH]o1.O=C1CCc2cccc3c2N1CC3. The maximum Gasteiger partial charge on any atom is 0.280 e. The van der Waals surface area contributed by atoms with E-state index in [9.17, 15) is 9.59 Å². The van der Waals surface area contributed by atoms with Gasteiger partial charge in [-0.15, -0.1) is 0 Å². The standard InChI is InChI=1S/C11H11NO.C4H5NO2/c13-10-5-4-8-2-1-3-9-6-7-12(10)11(8)9;1-3-2-4(6)5-7-3/h1-3H,4-7H2;2H,1H3,(H,5,6). The van der Waals surface area contributed by atoms with E-state index in [0.717, 1.165) is 19.4 Å². The maximum absolute atomic E-state index is 11.5. The highest BCUT2D eigenvalue weighted by atomic mass is 16.5. The van der Waals surface area contributed by atoms with Gasteiger partial charge in [-0.2, -0.15) is 5.16 Å². The van der Waals surface area contributed by atoms with E-state index in [1.807, 2.05) is 4.90 Å². The summed E-state index contributed by atoms with van der Waals surface area (Å²) in [6.45, 7) is 2.60. The van der Waals surface area contributed by atoms with Crippen molar-refractivity contribution in [1.82, 2.24) is 5.16 Å². The molecule has 0 saturated heterocycles. The molecule has 104 valence electrons. The minimum atomic E-state index is -0.183. The molecule has 5 nitrogen and oxygen atoms in total. The molecule has 0 aliphatic carbocycles. The lowest BCUT2D eigenvalue weighted by molar-refractivity contribution is -0.118. The predicted octanol–water partition coefficient (Wildman–Crippen LogP) is 1.80. The van der Waals surface area contributed by atoms with E-state index in [2.05, 4.69) is 27.9 Å². The summed E-state index contributed by atoms with van der Waals surface area (Å²) in [5, 5.41) is 2.14. The third-order valence-electron chi connectivity index (χ3n) is 3.63. The normalized spacial score (nSPS) is 15.7. The lowest BCUT2D eigenvalue weighted by Crippen LogP contribution is -2.32. The summed E-state index contributed by atoms with van der Waals surface area (Å²) in [6, 6.07) is 7.77. The van der Waals surface area contributed by atoms with Crippen LogP contribution in [0.25, 0.3) is 0 Å². The Morgan fingerprint density at radius 2 is 1.90 bits per heavy atom. The zero-order chi connectivity index (χ0) is 14.1. The number of nitrogens with one attached hydrogen (secondary N) is 1. The smallest absolute Gasteiger partial charge is 0.280 e. The van der Waals surface area contributed by atoms with Gasteiger partial charge < -0.3 is 9.42 Å². The van der Waals surface area contributed by atoms with Gasteiger partial charge in [-0.25, -0.2) is 0 Å². The largest absolute Gasteiger partial charge is 0.384 e. The van der Waals surface area contributed by atoms with Gasteiger partial charge in [0.1, 0.15) is 5.76 Å². The minimum Gasteiger partial charge on any atom is -0.384 e. The van der Waals surface area contributed by atoms with Gasteiger partial charge in [0.15, 0.2) is 0 Å². The number of nitrogens with zero attached hydrogens (tertiary/aromatic N) is 1. The number of anilines is 1. The van der Waals surface area contributed by atoms with Gasteiger partial charge >= 0.3 is 0 Å². The molecule has 2 aliphatic heterocycles. The number of para-hydroxylation sites is 1. The molecule has 0 radical (unpaired) electrons. The van der Waals surface area contributed by atoms with Gasteiger partial charge in [0.2, 0.25) is 5.91 Å². The van der Waals surface area contributed by atoms with Gasteiger partial charge in [-0.05, 0) is 30.9 Å². The van der Waals surface area contributed by atoms with Crippen LogP contribution in [0.5, 0.6) is 0 Å². The number of hydrogen-bond acceptors (Lipinski definition) is 3. The number of aromatic amines is 1. The van der Waals surface area contributed by atoms with E-state index in [1.165, 1.54) is 22.9 Å². The molecule has 4 rings (SSSR count). The number of carbonyl (C=O) groups is 1. The predicted molar refractivity (Wildman–Crippen MR) is 74.9 cm³/mol. The molecule has 0 saturated carbocycles. The molecule has 0 bridgehead atoms. The number of benzene rings is 1.